The van der Waals surface area contributed by atoms with Gasteiger partial charge in [-0.15, -0.1) is 0 Å². The molecule has 7 heteroatoms. The SMILES string of the molecule is CC(NC(=O)CCN1C(=O)NC2(CCCC2)C1=O)c1cccc(Cl)c1. The summed E-state index contributed by atoms with van der Waals surface area (Å²) in [6, 6.07) is 6.70. The average Bonchev–Trinajstić information content (AvgIpc) is 3.12. The lowest BCUT2D eigenvalue weighted by atomic mass is 9.98. The van der Waals surface area contributed by atoms with Crippen LogP contribution in [-0.4, -0.2) is 34.8 Å². The van der Waals surface area contributed by atoms with Crippen molar-refractivity contribution in [2.75, 3.05) is 6.54 Å². The molecule has 1 saturated heterocycles. The van der Waals surface area contributed by atoms with Gasteiger partial charge in [-0.05, 0) is 37.5 Å². The predicted molar refractivity (Wildman–Crippen MR) is 94.1 cm³/mol. The van der Waals surface area contributed by atoms with Gasteiger partial charge in [-0.3, -0.25) is 14.5 Å². The fourth-order valence-corrected chi connectivity index (χ4v) is 3.78. The first-order valence-corrected chi connectivity index (χ1v) is 8.98. The minimum Gasteiger partial charge on any atom is -0.350 e. The van der Waals surface area contributed by atoms with E-state index in [1.54, 1.807) is 12.1 Å². The van der Waals surface area contributed by atoms with Crippen molar-refractivity contribution in [2.24, 2.45) is 0 Å². The van der Waals surface area contributed by atoms with E-state index in [9.17, 15) is 14.4 Å². The number of hydrogen-bond donors (Lipinski definition) is 2. The first-order valence-electron chi connectivity index (χ1n) is 8.60. The molecule has 25 heavy (non-hydrogen) atoms. The first kappa shape index (κ1) is 17.7. The monoisotopic (exact) mass is 363 g/mol. The highest BCUT2D eigenvalue weighted by atomic mass is 35.5. The second-order valence-electron chi connectivity index (χ2n) is 6.77. The average molecular weight is 364 g/mol. The molecule has 1 heterocycles. The summed E-state index contributed by atoms with van der Waals surface area (Å²) in [6.07, 6.45) is 3.34. The first-order chi connectivity index (χ1) is 11.9. The Morgan fingerprint density at radius 1 is 1.36 bits per heavy atom. The highest BCUT2D eigenvalue weighted by molar-refractivity contribution is 6.30. The zero-order chi connectivity index (χ0) is 18.0. The van der Waals surface area contributed by atoms with Gasteiger partial charge in [0.05, 0.1) is 6.04 Å². The lowest BCUT2D eigenvalue weighted by Crippen LogP contribution is -2.44. The van der Waals surface area contributed by atoms with Gasteiger partial charge in [0.25, 0.3) is 5.91 Å². The summed E-state index contributed by atoms with van der Waals surface area (Å²) in [6.45, 7) is 1.96. The van der Waals surface area contributed by atoms with Crippen molar-refractivity contribution in [1.29, 1.82) is 0 Å². The highest BCUT2D eigenvalue weighted by Crippen LogP contribution is 2.35. The zero-order valence-corrected chi connectivity index (χ0v) is 14.9. The number of nitrogens with zero attached hydrogens (tertiary/aromatic N) is 1. The fraction of sp³-hybridized carbons (Fsp3) is 0.500. The molecular formula is C18H22ClN3O3. The number of nitrogens with one attached hydrogen (secondary N) is 2. The number of amides is 4. The smallest absolute Gasteiger partial charge is 0.325 e. The fourth-order valence-electron chi connectivity index (χ4n) is 3.58. The Bertz CT molecular complexity index is 701. The van der Waals surface area contributed by atoms with Crippen LogP contribution in [0, 0.1) is 0 Å². The van der Waals surface area contributed by atoms with Gasteiger partial charge in [0.15, 0.2) is 0 Å². The van der Waals surface area contributed by atoms with Crippen LogP contribution in [0.1, 0.15) is 50.6 Å². The molecule has 1 saturated carbocycles. The summed E-state index contributed by atoms with van der Waals surface area (Å²) in [5.41, 5.74) is 0.183. The van der Waals surface area contributed by atoms with E-state index in [4.69, 9.17) is 11.6 Å². The van der Waals surface area contributed by atoms with Gasteiger partial charge in [-0.1, -0.05) is 36.6 Å². The van der Waals surface area contributed by atoms with Crippen LogP contribution in [0.25, 0.3) is 0 Å². The number of imide groups is 1. The van der Waals surface area contributed by atoms with E-state index < -0.39 is 5.54 Å². The minimum absolute atomic E-state index is 0.0835. The van der Waals surface area contributed by atoms with E-state index in [0.29, 0.717) is 17.9 Å². The van der Waals surface area contributed by atoms with Crippen LogP contribution in [0.5, 0.6) is 0 Å². The molecule has 1 aliphatic heterocycles. The molecule has 1 aromatic carbocycles. The summed E-state index contributed by atoms with van der Waals surface area (Å²) in [5, 5.41) is 6.30. The Balaban J connectivity index is 1.54. The number of benzene rings is 1. The van der Waals surface area contributed by atoms with Crippen LogP contribution in [0.2, 0.25) is 5.02 Å². The van der Waals surface area contributed by atoms with Gasteiger partial charge in [-0.2, -0.15) is 0 Å². The van der Waals surface area contributed by atoms with Crippen molar-refractivity contribution >= 4 is 29.4 Å². The van der Waals surface area contributed by atoms with Gasteiger partial charge in [0.2, 0.25) is 5.91 Å². The molecule has 1 unspecified atom stereocenters. The summed E-state index contributed by atoms with van der Waals surface area (Å²) >= 11 is 5.96. The molecule has 1 atom stereocenters. The van der Waals surface area contributed by atoms with Crippen LogP contribution in [-0.2, 0) is 9.59 Å². The Morgan fingerprint density at radius 2 is 2.08 bits per heavy atom. The summed E-state index contributed by atoms with van der Waals surface area (Å²) in [7, 11) is 0. The van der Waals surface area contributed by atoms with Crippen LogP contribution < -0.4 is 10.6 Å². The molecule has 0 radical (unpaired) electrons. The maximum atomic E-state index is 12.5. The van der Waals surface area contributed by atoms with Crippen LogP contribution in [0.4, 0.5) is 4.79 Å². The lowest BCUT2D eigenvalue weighted by Gasteiger charge is -2.20. The molecule has 2 N–H and O–H groups in total. The maximum Gasteiger partial charge on any atom is 0.325 e. The highest BCUT2D eigenvalue weighted by Gasteiger charge is 2.52. The molecule has 1 spiro atoms. The Morgan fingerprint density at radius 3 is 2.76 bits per heavy atom. The van der Waals surface area contributed by atoms with E-state index in [1.165, 1.54) is 4.90 Å². The van der Waals surface area contributed by atoms with Crippen molar-refractivity contribution in [3.8, 4) is 0 Å². The third-order valence-electron chi connectivity index (χ3n) is 4.99. The number of hydrogen-bond acceptors (Lipinski definition) is 3. The van der Waals surface area contributed by atoms with E-state index in [-0.39, 0.29) is 36.9 Å². The quantitative estimate of drug-likeness (QED) is 0.789. The van der Waals surface area contributed by atoms with Crippen molar-refractivity contribution in [3.05, 3.63) is 34.9 Å². The van der Waals surface area contributed by atoms with Crippen molar-refractivity contribution in [2.45, 2.75) is 50.6 Å². The van der Waals surface area contributed by atoms with E-state index >= 15 is 0 Å². The molecule has 0 bridgehead atoms. The second-order valence-corrected chi connectivity index (χ2v) is 7.21. The molecule has 6 nitrogen and oxygen atoms in total. The topological polar surface area (TPSA) is 78.5 Å². The lowest BCUT2D eigenvalue weighted by molar-refractivity contribution is -0.131. The molecule has 134 valence electrons. The summed E-state index contributed by atoms with van der Waals surface area (Å²) < 4.78 is 0. The molecule has 0 aromatic heterocycles. The molecule has 4 amide bonds. The number of carbonyl (C=O) groups excluding carboxylic acids is 3. The molecular weight excluding hydrogens is 342 g/mol. The predicted octanol–water partition coefficient (Wildman–Crippen LogP) is 2.77. The Labute approximate surface area is 151 Å². The largest absolute Gasteiger partial charge is 0.350 e. The standard InChI is InChI=1S/C18H22ClN3O3/c1-12(13-5-4-6-14(19)11-13)20-15(23)7-10-22-16(24)18(21-17(22)25)8-2-3-9-18/h4-6,11-12H,2-3,7-10H2,1H3,(H,20,23)(H,21,25). The summed E-state index contributed by atoms with van der Waals surface area (Å²) in [5.74, 6) is -0.397. The Kier molecular flexibility index (Phi) is 4.99. The zero-order valence-electron chi connectivity index (χ0n) is 14.2. The van der Waals surface area contributed by atoms with E-state index in [0.717, 1.165) is 18.4 Å². The van der Waals surface area contributed by atoms with Crippen molar-refractivity contribution in [1.82, 2.24) is 15.5 Å². The molecule has 1 aliphatic carbocycles. The summed E-state index contributed by atoms with van der Waals surface area (Å²) in [4.78, 5) is 38.0. The molecule has 2 aliphatic rings. The third-order valence-corrected chi connectivity index (χ3v) is 5.23. The molecule has 1 aromatic rings. The van der Waals surface area contributed by atoms with Gasteiger partial charge in [-0.25, -0.2) is 4.79 Å². The number of rotatable bonds is 5. The normalized spacial score (nSPS) is 20.0. The van der Waals surface area contributed by atoms with Gasteiger partial charge in [0, 0.05) is 18.0 Å². The number of halogens is 1. The second kappa shape index (κ2) is 7.04. The molecule has 3 rings (SSSR count). The molecule has 2 fully saturated rings. The maximum absolute atomic E-state index is 12.5. The van der Waals surface area contributed by atoms with E-state index in [2.05, 4.69) is 10.6 Å². The van der Waals surface area contributed by atoms with Crippen molar-refractivity contribution < 1.29 is 14.4 Å². The van der Waals surface area contributed by atoms with Crippen LogP contribution in [0.15, 0.2) is 24.3 Å². The van der Waals surface area contributed by atoms with Crippen molar-refractivity contribution in [3.63, 3.8) is 0 Å². The Hall–Kier alpha value is -2.08. The number of carbonyl (C=O) groups is 3. The van der Waals surface area contributed by atoms with Gasteiger partial charge < -0.3 is 10.6 Å². The van der Waals surface area contributed by atoms with Crippen LogP contribution >= 0.6 is 11.6 Å². The van der Waals surface area contributed by atoms with E-state index in [1.807, 2.05) is 19.1 Å². The third kappa shape index (κ3) is 3.63. The number of urea groups is 1. The minimum atomic E-state index is -0.721. The van der Waals surface area contributed by atoms with Gasteiger partial charge >= 0.3 is 6.03 Å². The van der Waals surface area contributed by atoms with Gasteiger partial charge in [0.1, 0.15) is 5.54 Å². The van der Waals surface area contributed by atoms with Crippen LogP contribution in [0.3, 0.4) is 0 Å².